The van der Waals surface area contributed by atoms with E-state index >= 15 is 0 Å². The Morgan fingerprint density at radius 2 is 1.91 bits per heavy atom. The quantitative estimate of drug-likeness (QED) is 0.294. The highest BCUT2D eigenvalue weighted by atomic mass is 19.4. The van der Waals surface area contributed by atoms with Crippen molar-refractivity contribution in [1.29, 1.82) is 5.26 Å². The van der Waals surface area contributed by atoms with Crippen LogP contribution in [0.1, 0.15) is 43.6 Å². The van der Waals surface area contributed by atoms with Gasteiger partial charge in [0, 0.05) is 68.2 Å². The number of aromatic amines is 1. The third kappa shape index (κ3) is 5.48. The summed E-state index contributed by atoms with van der Waals surface area (Å²) in [5.41, 5.74) is 2.08. The van der Waals surface area contributed by atoms with Gasteiger partial charge in [0.05, 0.1) is 30.1 Å². The van der Waals surface area contributed by atoms with Gasteiger partial charge in [-0.15, -0.1) is 0 Å². The molecule has 11 nitrogen and oxygen atoms in total. The predicted octanol–water partition coefficient (Wildman–Crippen LogP) is 4.10. The van der Waals surface area contributed by atoms with E-state index < -0.39 is 23.7 Å². The van der Waals surface area contributed by atoms with E-state index in [0.717, 1.165) is 35.1 Å². The minimum atomic E-state index is -4.71. The maximum Gasteiger partial charge on any atom is 0.451 e. The highest BCUT2D eigenvalue weighted by Crippen LogP contribution is 2.39. The van der Waals surface area contributed by atoms with E-state index in [1.807, 2.05) is 23.1 Å². The van der Waals surface area contributed by atoms with E-state index in [2.05, 4.69) is 41.0 Å². The van der Waals surface area contributed by atoms with Crippen LogP contribution in [0.15, 0.2) is 37.1 Å². The van der Waals surface area contributed by atoms with Gasteiger partial charge in [-0.2, -0.15) is 28.5 Å². The average molecular weight is 611 g/mol. The lowest BCUT2D eigenvalue weighted by Crippen LogP contribution is -2.65. The minimum Gasteiger partial charge on any atom is -0.474 e. The molecule has 0 radical (unpaired) electrons. The number of nitrogens with one attached hydrogen (secondary N) is 1. The first kappa shape index (κ1) is 28.6. The smallest absolute Gasteiger partial charge is 0.451 e. The number of hydrogen-bond donors (Lipinski definition) is 1. The van der Waals surface area contributed by atoms with Crippen molar-refractivity contribution in [2.45, 2.75) is 68.7 Å². The summed E-state index contributed by atoms with van der Waals surface area (Å²) in [6, 6.07) is 5.95. The molecule has 0 spiro atoms. The number of ether oxygens (including phenoxy) is 1. The zero-order valence-corrected chi connectivity index (χ0v) is 23.7. The number of alkyl halides is 4. The molecule has 6 heterocycles. The predicted molar refractivity (Wildman–Crippen MR) is 149 cm³/mol. The molecule has 3 aliphatic rings. The number of aromatic nitrogens is 7. The van der Waals surface area contributed by atoms with Crippen molar-refractivity contribution in [2.75, 3.05) is 26.2 Å². The molecule has 2 saturated heterocycles. The maximum absolute atomic E-state index is 13.5. The molecule has 7 rings (SSSR count). The van der Waals surface area contributed by atoms with Crippen LogP contribution < -0.4 is 4.74 Å². The number of hydrogen-bond acceptors (Lipinski definition) is 9. The summed E-state index contributed by atoms with van der Waals surface area (Å²) >= 11 is 0. The molecule has 0 aromatic carbocycles. The van der Waals surface area contributed by atoms with Gasteiger partial charge in [-0.1, -0.05) is 0 Å². The summed E-state index contributed by atoms with van der Waals surface area (Å²) in [6.45, 7) is 1.81. The second-order valence-corrected chi connectivity index (χ2v) is 12.0. The van der Waals surface area contributed by atoms with Gasteiger partial charge in [0.1, 0.15) is 29.8 Å². The Hall–Kier alpha value is -4.16. The largest absolute Gasteiger partial charge is 0.474 e. The van der Waals surface area contributed by atoms with Gasteiger partial charge >= 0.3 is 6.18 Å². The fraction of sp³-hybridized carbons (Fsp3) is 0.517. The second-order valence-electron chi connectivity index (χ2n) is 12.0. The molecule has 230 valence electrons. The molecule has 1 aliphatic carbocycles. The van der Waals surface area contributed by atoms with Gasteiger partial charge < -0.3 is 9.72 Å². The summed E-state index contributed by atoms with van der Waals surface area (Å²) < 4.78 is 61.5. The molecule has 4 aromatic rings. The third-order valence-corrected chi connectivity index (χ3v) is 8.85. The normalized spacial score (nSPS) is 22.8. The van der Waals surface area contributed by atoms with Gasteiger partial charge in [0.25, 0.3) is 0 Å². The van der Waals surface area contributed by atoms with Crippen LogP contribution in [0.4, 0.5) is 17.6 Å². The van der Waals surface area contributed by atoms with Crippen LogP contribution in [0.5, 0.6) is 5.88 Å². The highest BCUT2D eigenvalue weighted by molar-refractivity contribution is 5.90. The molecule has 15 heteroatoms. The summed E-state index contributed by atoms with van der Waals surface area (Å²) in [5, 5.41) is 15.2. The number of H-pyrrole nitrogens is 1. The zero-order chi connectivity index (χ0) is 30.5. The first-order valence-corrected chi connectivity index (χ1v) is 14.6. The standard InChI is InChI=1S/C29H30F4N10O/c30-19-12-41(13-19)14-20-9-24(40-27(39-20)29(31,32)33)44-22-3-1-21(2-4-22)42-15-28(16-42,6-7-34)43-11-18(10-38-43)25-23-5-8-35-26(23)37-17-36-25/h5,8-11,17,19,21-22H,1-4,6,12-16H2,(H,35,36,37)/t21-,22+. The summed E-state index contributed by atoms with van der Waals surface area (Å²) in [7, 11) is 0. The Kier molecular flexibility index (Phi) is 7.20. The average Bonchev–Trinajstić information content (AvgIpc) is 3.64. The van der Waals surface area contributed by atoms with Crippen LogP contribution in [0, 0.1) is 11.3 Å². The maximum atomic E-state index is 13.5. The molecule has 0 unspecified atom stereocenters. The van der Waals surface area contributed by atoms with Crippen molar-refractivity contribution in [3.63, 3.8) is 0 Å². The Balaban J connectivity index is 0.981. The minimum absolute atomic E-state index is 0.102. The van der Waals surface area contributed by atoms with Crippen LogP contribution in [0.25, 0.3) is 22.3 Å². The molecule has 2 aliphatic heterocycles. The molecule has 1 N–H and O–H groups in total. The molecule has 3 fully saturated rings. The molecule has 1 saturated carbocycles. The van der Waals surface area contributed by atoms with Crippen LogP contribution >= 0.6 is 0 Å². The van der Waals surface area contributed by atoms with Crippen molar-refractivity contribution in [3.05, 3.63) is 48.6 Å². The number of halogens is 4. The van der Waals surface area contributed by atoms with Crippen LogP contribution in [-0.4, -0.2) is 89.0 Å². The summed E-state index contributed by atoms with van der Waals surface area (Å²) in [5.74, 6) is -1.35. The van der Waals surface area contributed by atoms with Crippen molar-refractivity contribution in [2.24, 2.45) is 0 Å². The van der Waals surface area contributed by atoms with E-state index in [4.69, 9.17) is 4.74 Å². The van der Waals surface area contributed by atoms with Crippen molar-refractivity contribution in [3.8, 4) is 23.2 Å². The molecule has 44 heavy (non-hydrogen) atoms. The number of nitriles is 1. The number of nitrogens with zero attached hydrogens (tertiary/aromatic N) is 9. The van der Waals surface area contributed by atoms with E-state index in [9.17, 15) is 22.8 Å². The Labute approximate surface area is 249 Å². The SMILES string of the molecule is N#CCC1(n2cc(-c3ncnc4[nH]ccc34)cn2)CN([C@H]2CC[C@@H](Oc3cc(CN4CC(F)C4)nc(C(F)(F)F)n3)CC2)C1. The van der Waals surface area contributed by atoms with Crippen LogP contribution in [0.3, 0.4) is 0 Å². The monoisotopic (exact) mass is 610 g/mol. The summed E-state index contributed by atoms with van der Waals surface area (Å²) in [4.78, 5) is 23.1. The summed E-state index contributed by atoms with van der Waals surface area (Å²) in [6.07, 6.45) is 4.34. The first-order valence-electron chi connectivity index (χ1n) is 14.6. The van der Waals surface area contributed by atoms with E-state index in [1.165, 1.54) is 12.4 Å². The Morgan fingerprint density at radius 1 is 1.11 bits per heavy atom. The number of fused-ring (bicyclic) bond motifs is 1. The van der Waals surface area contributed by atoms with Crippen molar-refractivity contribution >= 4 is 11.0 Å². The van der Waals surface area contributed by atoms with E-state index in [-0.39, 0.29) is 43.4 Å². The van der Waals surface area contributed by atoms with Crippen molar-refractivity contribution < 1.29 is 22.3 Å². The van der Waals surface area contributed by atoms with Crippen molar-refractivity contribution in [1.82, 2.24) is 44.5 Å². The Morgan fingerprint density at radius 3 is 2.64 bits per heavy atom. The van der Waals surface area contributed by atoms with Gasteiger partial charge in [0.2, 0.25) is 11.7 Å². The zero-order valence-electron chi connectivity index (χ0n) is 23.7. The van der Waals surface area contributed by atoms with Gasteiger partial charge in [-0.25, -0.2) is 19.3 Å². The second kappa shape index (κ2) is 11.1. The number of likely N-dealkylation sites (tertiary alicyclic amines) is 2. The lowest BCUT2D eigenvalue weighted by Gasteiger charge is -2.53. The van der Waals surface area contributed by atoms with Crippen LogP contribution in [0.2, 0.25) is 0 Å². The van der Waals surface area contributed by atoms with Gasteiger partial charge in [-0.05, 0) is 31.7 Å². The fourth-order valence-corrected chi connectivity index (χ4v) is 6.56. The van der Waals surface area contributed by atoms with E-state index in [0.29, 0.717) is 32.4 Å². The third-order valence-electron chi connectivity index (χ3n) is 8.85. The molecular weight excluding hydrogens is 580 g/mol. The van der Waals surface area contributed by atoms with E-state index in [1.54, 1.807) is 11.1 Å². The lowest BCUT2D eigenvalue weighted by molar-refractivity contribution is -0.145. The lowest BCUT2D eigenvalue weighted by atomic mass is 9.82. The topological polar surface area (TPSA) is 125 Å². The number of rotatable bonds is 8. The van der Waals surface area contributed by atoms with Crippen LogP contribution in [-0.2, 0) is 18.3 Å². The first-order chi connectivity index (χ1) is 21.2. The molecule has 0 amide bonds. The van der Waals surface area contributed by atoms with Gasteiger partial charge in [-0.3, -0.25) is 14.5 Å². The Bertz CT molecular complexity index is 1680. The molecule has 0 bridgehead atoms. The fourth-order valence-electron chi connectivity index (χ4n) is 6.56. The van der Waals surface area contributed by atoms with Gasteiger partial charge in [0.15, 0.2) is 0 Å². The highest BCUT2D eigenvalue weighted by Gasteiger charge is 2.48. The molecular formula is C29H30F4N10O. The molecule has 0 atom stereocenters. The molecule has 4 aromatic heterocycles.